The zero-order valence-electron chi connectivity index (χ0n) is 14.3. The van der Waals surface area contributed by atoms with Crippen molar-refractivity contribution in [2.45, 2.75) is 25.9 Å². The Morgan fingerprint density at radius 1 is 1.31 bits per heavy atom. The Morgan fingerprint density at radius 2 is 2.08 bits per heavy atom. The number of rotatable bonds is 3. The van der Waals surface area contributed by atoms with Crippen molar-refractivity contribution in [2.24, 2.45) is 0 Å². The lowest BCUT2D eigenvalue weighted by atomic mass is 10.1. The van der Waals surface area contributed by atoms with E-state index in [0.717, 1.165) is 38.3 Å². The van der Waals surface area contributed by atoms with Crippen LogP contribution in [0.4, 0.5) is 14.5 Å². The monoisotopic (exact) mass is 363 g/mol. The fourth-order valence-corrected chi connectivity index (χ4v) is 4.14. The van der Waals surface area contributed by atoms with E-state index in [4.69, 9.17) is 0 Å². The minimum absolute atomic E-state index is 0.0423. The molecule has 0 amide bonds. The van der Waals surface area contributed by atoms with Crippen LogP contribution >= 0.6 is 0 Å². The molecule has 2 unspecified atom stereocenters. The summed E-state index contributed by atoms with van der Waals surface area (Å²) in [5.41, 5.74) is -1.52. The number of nitrogens with zero attached hydrogens (tertiary/aromatic N) is 3. The van der Waals surface area contributed by atoms with Crippen molar-refractivity contribution in [3.63, 3.8) is 0 Å². The quantitative estimate of drug-likeness (QED) is 0.902. The highest BCUT2D eigenvalue weighted by atomic mass is 19.1. The summed E-state index contributed by atoms with van der Waals surface area (Å²) in [5.74, 6) is -3.03. The van der Waals surface area contributed by atoms with Crippen molar-refractivity contribution in [3.8, 4) is 0 Å². The van der Waals surface area contributed by atoms with E-state index in [-0.39, 0.29) is 29.2 Å². The number of anilines is 1. The standard InChI is InChI=1S/C18H19F2N3O3/c1-2-22-9-12(18(25)26)17(24)11-7-13(19)16(14(20)15(11)22)23-6-5-21-4-3-10(23)8-21/h7,9-10H,2-6,8H2,1H3,(H,25,26). The molecule has 138 valence electrons. The molecule has 0 saturated carbocycles. The van der Waals surface area contributed by atoms with Gasteiger partial charge in [-0.05, 0) is 19.4 Å². The van der Waals surface area contributed by atoms with Crippen molar-refractivity contribution in [2.75, 3.05) is 31.1 Å². The summed E-state index contributed by atoms with van der Waals surface area (Å²) < 4.78 is 31.6. The van der Waals surface area contributed by atoms with E-state index in [9.17, 15) is 19.1 Å². The highest BCUT2D eigenvalue weighted by Gasteiger charge is 2.36. The van der Waals surface area contributed by atoms with Crippen molar-refractivity contribution in [1.82, 2.24) is 9.47 Å². The minimum Gasteiger partial charge on any atom is -0.477 e. The molecule has 3 heterocycles. The molecule has 2 saturated heterocycles. The van der Waals surface area contributed by atoms with Gasteiger partial charge >= 0.3 is 5.97 Å². The largest absolute Gasteiger partial charge is 0.477 e. The second kappa shape index (κ2) is 6.05. The highest BCUT2D eigenvalue weighted by molar-refractivity contribution is 5.93. The first-order chi connectivity index (χ1) is 12.4. The Kier molecular flexibility index (Phi) is 3.95. The van der Waals surface area contributed by atoms with Crippen LogP contribution in [-0.4, -0.2) is 52.8 Å². The van der Waals surface area contributed by atoms with Crippen molar-refractivity contribution >= 4 is 22.6 Å². The average molecular weight is 363 g/mol. The molecule has 26 heavy (non-hydrogen) atoms. The van der Waals surface area contributed by atoms with Gasteiger partial charge in [-0.15, -0.1) is 0 Å². The number of hydrogen-bond acceptors (Lipinski definition) is 4. The zero-order valence-corrected chi connectivity index (χ0v) is 14.3. The van der Waals surface area contributed by atoms with Gasteiger partial charge in [0, 0.05) is 45.0 Å². The van der Waals surface area contributed by atoms with Crippen LogP contribution in [0, 0.1) is 11.6 Å². The number of aryl methyl sites for hydroxylation is 1. The maximum Gasteiger partial charge on any atom is 0.341 e. The van der Waals surface area contributed by atoms with Crippen molar-refractivity contribution in [1.29, 1.82) is 0 Å². The van der Waals surface area contributed by atoms with Gasteiger partial charge in [-0.3, -0.25) is 9.69 Å². The number of fused-ring (bicyclic) bond motifs is 3. The molecular formula is C18H19F2N3O3. The lowest BCUT2D eigenvalue weighted by molar-refractivity contribution is 0.0695. The van der Waals surface area contributed by atoms with E-state index >= 15 is 4.39 Å². The Balaban J connectivity index is 1.98. The third-order valence-corrected chi connectivity index (χ3v) is 5.43. The summed E-state index contributed by atoms with van der Waals surface area (Å²) in [6.45, 7) is 4.93. The van der Waals surface area contributed by atoms with E-state index < -0.39 is 28.6 Å². The molecule has 1 aromatic carbocycles. The predicted octanol–water partition coefficient (Wildman–Crippen LogP) is 1.89. The molecule has 2 atom stereocenters. The summed E-state index contributed by atoms with van der Waals surface area (Å²) in [5, 5.41) is 8.96. The number of benzene rings is 1. The van der Waals surface area contributed by atoms with Crippen molar-refractivity contribution < 1.29 is 18.7 Å². The number of carbonyl (C=O) groups is 1. The number of hydrogen-bond donors (Lipinski definition) is 1. The zero-order chi connectivity index (χ0) is 18.6. The van der Waals surface area contributed by atoms with Crippen LogP contribution in [-0.2, 0) is 6.54 Å². The molecule has 4 rings (SSSR count). The molecule has 1 N–H and O–H groups in total. The molecule has 1 aromatic heterocycles. The lowest BCUT2D eigenvalue weighted by Crippen LogP contribution is -2.47. The van der Waals surface area contributed by atoms with Gasteiger partial charge in [-0.1, -0.05) is 0 Å². The fourth-order valence-electron chi connectivity index (χ4n) is 4.14. The van der Waals surface area contributed by atoms with E-state index in [2.05, 4.69) is 4.90 Å². The lowest BCUT2D eigenvalue weighted by Gasteiger charge is -2.36. The van der Waals surface area contributed by atoms with E-state index in [0.29, 0.717) is 6.54 Å². The van der Waals surface area contributed by atoms with Crippen molar-refractivity contribution in [3.05, 3.63) is 39.7 Å². The topological polar surface area (TPSA) is 65.8 Å². The minimum atomic E-state index is -1.41. The summed E-state index contributed by atoms with van der Waals surface area (Å²) in [7, 11) is 0. The molecule has 2 aliphatic rings. The SMILES string of the molecule is CCn1cc(C(=O)O)c(=O)c2cc(F)c(N3CCN4CCC3C4)c(F)c21. The van der Waals surface area contributed by atoms with Crippen LogP contribution in [0.25, 0.3) is 10.9 Å². The van der Waals surface area contributed by atoms with Gasteiger partial charge in [0.25, 0.3) is 0 Å². The Morgan fingerprint density at radius 3 is 2.77 bits per heavy atom. The highest BCUT2D eigenvalue weighted by Crippen LogP contribution is 2.34. The van der Waals surface area contributed by atoms with Gasteiger partial charge in [0.05, 0.1) is 10.9 Å². The van der Waals surface area contributed by atoms with Gasteiger partial charge in [0.1, 0.15) is 17.1 Å². The molecule has 2 bridgehead atoms. The first kappa shape index (κ1) is 17.0. The van der Waals surface area contributed by atoms with E-state index in [1.165, 1.54) is 4.57 Å². The van der Waals surface area contributed by atoms with Gasteiger partial charge in [0.15, 0.2) is 5.82 Å². The Labute approximate surface area is 148 Å². The first-order valence-corrected chi connectivity index (χ1v) is 8.69. The van der Waals surface area contributed by atoms with Crippen LogP contribution in [0.5, 0.6) is 0 Å². The Bertz CT molecular complexity index is 973. The summed E-state index contributed by atoms with van der Waals surface area (Å²) in [6, 6.07) is 1.03. The van der Waals surface area contributed by atoms with Crippen LogP contribution in [0.1, 0.15) is 23.7 Å². The second-order valence-corrected chi connectivity index (χ2v) is 6.82. The molecule has 8 heteroatoms. The number of piperazine rings is 1. The Hall–Kier alpha value is -2.48. The normalized spacial score (nSPS) is 22.2. The third kappa shape index (κ3) is 2.39. The van der Waals surface area contributed by atoms with Crippen LogP contribution in [0.15, 0.2) is 17.1 Å². The van der Waals surface area contributed by atoms with Gasteiger partial charge < -0.3 is 14.6 Å². The number of aromatic nitrogens is 1. The van der Waals surface area contributed by atoms with E-state index in [1.54, 1.807) is 11.8 Å². The molecule has 0 radical (unpaired) electrons. The molecule has 2 aromatic rings. The number of halogens is 2. The van der Waals surface area contributed by atoms with Crippen LogP contribution in [0.3, 0.4) is 0 Å². The maximum absolute atomic E-state index is 15.4. The number of aromatic carboxylic acids is 1. The molecule has 2 aliphatic heterocycles. The summed E-state index contributed by atoms with van der Waals surface area (Å²) in [6.07, 6.45) is 1.97. The average Bonchev–Trinajstić information content (AvgIpc) is 2.99. The first-order valence-electron chi connectivity index (χ1n) is 8.69. The summed E-state index contributed by atoms with van der Waals surface area (Å²) in [4.78, 5) is 27.7. The number of carboxylic acid groups (broad SMARTS) is 1. The molecule has 2 fully saturated rings. The smallest absolute Gasteiger partial charge is 0.341 e. The van der Waals surface area contributed by atoms with Gasteiger partial charge in [-0.2, -0.15) is 0 Å². The second-order valence-electron chi connectivity index (χ2n) is 6.82. The third-order valence-electron chi connectivity index (χ3n) is 5.43. The van der Waals surface area contributed by atoms with Crippen LogP contribution < -0.4 is 10.3 Å². The maximum atomic E-state index is 15.4. The molecule has 0 aliphatic carbocycles. The van der Waals surface area contributed by atoms with E-state index in [1.807, 2.05) is 0 Å². The number of carboxylic acids is 1. The molecule has 6 nitrogen and oxygen atoms in total. The summed E-state index contributed by atoms with van der Waals surface area (Å²) >= 11 is 0. The van der Waals surface area contributed by atoms with Gasteiger partial charge in [-0.25, -0.2) is 13.6 Å². The van der Waals surface area contributed by atoms with Gasteiger partial charge in [0.2, 0.25) is 5.43 Å². The molecular weight excluding hydrogens is 344 g/mol. The number of pyridine rings is 1. The van der Waals surface area contributed by atoms with Crippen LogP contribution in [0.2, 0.25) is 0 Å². The fraction of sp³-hybridized carbons (Fsp3) is 0.444. The molecule has 0 spiro atoms. The predicted molar refractivity (Wildman–Crippen MR) is 92.9 cm³/mol.